The van der Waals surface area contributed by atoms with Crippen LogP contribution in [-0.2, 0) is 16.1 Å². The van der Waals surface area contributed by atoms with E-state index in [1.54, 1.807) is 7.11 Å². The largest absolute Gasteiger partial charge is 0.396 e. The van der Waals surface area contributed by atoms with E-state index in [1.165, 1.54) is 0 Å². The molecule has 134 valence electrons. The first-order valence-corrected chi connectivity index (χ1v) is 9.00. The number of aliphatic hydroxyl groups excluding tert-OH is 1. The summed E-state index contributed by atoms with van der Waals surface area (Å²) in [5, 5.41) is 9.73. The summed E-state index contributed by atoms with van der Waals surface area (Å²) >= 11 is 0. The van der Waals surface area contributed by atoms with E-state index in [9.17, 15) is 5.11 Å². The average molecular weight is 335 g/mol. The van der Waals surface area contributed by atoms with Crippen molar-refractivity contribution in [3.8, 4) is 0 Å². The molecule has 1 N–H and O–H groups in total. The maximum atomic E-state index is 9.73. The maximum absolute atomic E-state index is 9.73. The van der Waals surface area contributed by atoms with E-state index in [0.29, 0.717) is 12.5 Å². The molecule has 1 aromatic heterocycles. The molecule has 2 aliphatic rings. The Morgan fingerprint density at radius 1 is 1.38 bits per heavy atom. The second kappa shape index (κ2) is 7.76. The fourth-order valence-electron chi connectivity index (χ4n) is 3.67. The monoisotopic (exact) mass is 335 g/mol. The van der Waals surface area contributed by atoms with Gasteiger partial charge in [0.15, 0.2) is 5.82 Å². The molecule has 6 nitrogen and oxygen atoms in total. The van der Waals surface area contributed by atoms with Gasteiger partial charge in [0.05, 0.1) is 12.3 Å². The van der Waals surface area contributed by atoms with Gasteiger partial charge in [0.1, 0.15) is 12.4 Å². The number of ether oxygens (including phenoxy) is 2. The van der Waals surface area contributed by atoms with E-state index in [1.807, 2.05) is 0 Å². The third kappa shape index (κ3) is 3.71. The van der Waals surface area contributed by atoms with E-state index >= 15 is 0 Å². The first-order valence-electron chi connectivity index (χ1n) is 9.00. The summed E-state index contributed by atoms with van der Waals surface area (Å²) < 4.78 is 10.8. The lowest BCUT2D eigenvalue weighted by atomic mass is 9.77. The van der Waals surface area contributed by atoms with E-state index in [-0.39, 0.29) is 12.0 Å². The van der Waals surface area contributed by atoms with Gasteiger partial charge < -0.3 is 19.5 Å². The van der Waals surface area contributed by atoms with Gasteiger partial charge in [0, 0.05) is 45.4 Å². The van der Waals surface area contributed by atoms with Gasteiger partial charge in [-0.25, -0.2) is 9.97 Å². The molecule has 0 unspecified atom stereocenters. The van der Waals surface area contributed by atoms with Crippen LogP contribution < -0.4 is 4.90 Å². The zero-order valence-corrected chi connectivity index (χ0v) is 14.8. The molecular formula is C18H29N3O3. The van der Waals surface area contributed by atoms with Crippen LogP contribution in [0, 0.1) is 5.41 Å². The molecule has 2 aliphatic heterocycles. The third-order valence-electron chi connectivity index (χ3n) is 5.63. The Labute approximate surface area is 144 Å². The smallest absolute Gasteiger partial charge is 0.156 e. The molecule has 0 amide bonds. The zero-order chi connectivity index (χ0) is 17.0. The number of nitrogens with zero attached hydrogens (tertiary/aromatic N) is 3. The number of piperidine rings is 1. The highest BCUT2D eigenvalue weighted by Gasteiger charge is 2.33. The van der Waals surface area contributed by atoms with E-state index in [4.69, 9.17) is 14.5 Å². The molecular weight excluding hydrogens is 306 g/mol. The van der Waals surface area contributed by atoms with Gasteiger partial charge >= 0.3 is 0 Å². The average Bonchev–Trinajstić information content (AvgIpc) is 3.16. The van der Waals surface area contributed by atoms with Crippen molar-refractivity contribution in [3.05, 3.63) is 17.6 Å². The Morgan fingerprint density at radius 3 is 2.75 bits per heavy atom. The molecule has 0 aliphatic carbocycles. The van der Waals surface area contributed by atoms with E-state index < -0.39 is 0 Å². The first kappa shape index (κ1) is 17.6. The number of hydrogen-bond acceptors (Lipinski definition) is 6. The predicted octanol–water partition coefficient (Wildman–Crippen LogP) is 2.12. The highest BCUT2D eigenvalue weighted by atomic mass is 16.5. The summed E-state index contributed by atoms with van der Waals surface area (Å²) in [4.78, 5) is 11.7. The molecule has 6 heteroatoms. The number of methoxy groups -OCH3 is 1. The summed E-state index contributed by atoms with van der Waals surface area (Å²) in [5.41, 5.74) is 1.15. The zero-order valence-electron chi connectivity index (χ0n) is 14.8. The minimum atomic E-state index is 0.0843. The molecule has 1 aromatic rings. The van der Waals surface area contributed by atoms with Gasteiger partial charge in [-0.05, 0) is 31.1 Å². The number of aromatic nitrogens is 2. The van der Waals surface area contributed by atoms with Gasteiger partial charge in [-0.2, -0.15) is 0 Å². The predicted molar refractivity (Wildman–Crippen MR) is 92.2 cm³/mol. The lowest BCUT2D eigenvalue weighted by Crippen LogP contribution is -2.42. The van der Waals surface area contributed by atoms with E-state index in [0.717, 1.165) is 69.3 Å². The van der Waals surface area contributed by atoms with Crippen LogP contribution in [0.15, 0.2) is 6.07 Å². The van der Waals surface area contributed by atoms with Gasteiger partial charge in [0.25, 0.3) is 0 Å². The molecule has 1 atom stereocenters. The van der Waals surface area contributed by atoms with Crippen molar-refractivity contribution in [2.24, 2.45) is 5.41 Å². The van der Waals surface area contributed by atoms with Gasteiger partial charge in [-0.3, -0.25) is 0 Å². The van der Waals surface area contributed by atoms with Crippen molar-refractivity contribution in [1.29, 1.82) is 0 Å². The van der Waals surface area contributed by atoms with Crippen LogP contribution in [0.5, 0.6) is 0 Å². The second-order valence-electron chi connectivity index (χ2n) is 7.06. The molecule has 0 saturated carbocycles. The quantitative estimate of drug-likeness (QED) is 0.859. The molecule has 0 spiro atoms. The molecule has 0 radical (unpaired) electrons. The van der Waals surface area contributed by atoms with Crippen LogP contribution in [0.4, 0.5) is 5.82 Å². The lowest BCUT2D eigenvalue weighted by Gasteiger charge is -2.40. The minimum absolute atomic E-state index is 0.0843. The summed E-state index contributed by atoms with van der Waals surface area (Å²) in [6.07, 6.45) is 4.06. The molecule has 3 heterocycles. The first-order chi connectivity index (χ1) is 11.7. The van der Waals surface area contributed by atoms with Crippen LogP contribution in [0.3, 0.4) is 0 Å². The molecule has 2 fully saturated rings. The Morgan fingerprint density at radius 2 is 2.17 bits per heavy atom. The molecule has 3 rings (SSSR count). The summed E-state index contributed by atoms with van der Waals surface area (Å²) in [6.45, 7) is 6.29. The van der Waals surface area contributed by atoms with Crippen molar-refractivity contribution >= 4 is 5.82 Å². The molecule has 0 bridgehead atoms. The van der Waals surface area contributed by atoms with Crippen molar-refractivity contribution in [3.63, 3.8) is 0 Å². The van der Waals surface area contributed by atoms with Crippen LogP contribution in [0.2, 0.25) is 0 Å². The number of hydrogen-bond donors (Lipinski definition) is 1. The SMILES string of the molecule is CCC1(CO)CCN(c2cc([C@H]3CCOC3)nc(COC)n2)CC1. The summed E-state index contributed by atoms with van der Waals surface area (Å²) in [5.74, 6) is 2.09. The van der Waals surface area contributed by atoms with E-state index in [2.05, 4.69) is 22.9 Å². The topological polar surface area (TPSA) is 67.7 Å². The fourth-order valence-corrected chi connectivity index (χ4v) is 3.67. The number of anilines is 1. The van der Waals surface area contributed by atoms with Crippen molar-refractivity contribution < 1.29 is 14.6 Å². The van der Waals surface area contributed by atoms with Crippen molar-refractivity contribution in [2.45, 2.75) is 45.1 Å². The van der Waals surface area contributed by atoms with Crippen LogP contribution in [0.25, 0.3) is 0 Å². The lowest BCUT2D eigenvalue weighted by molar-refractivity contribution is 0.0920. The second-order valence-corrected chi connectivity index (χ2v) is 7.06. The summed E-state index contributed by atoms with van der Waals surface area (Å²) in [6, 6.07) is 2.12. The third-order valence-corrected chi connectivity index (χ3v) is 5.63. The Hall–Kier alpha value is -1.24. The van der Waals surface area contributed by atoms with Gasteiger partial charge in [-0.15, -0.1) is 0 Å². The molecule has 2 saturated heterocycles. The normalized spacial score (nSPS) is 23.6. The number of rotatable bonds is 6. The standard InChI is InChI=1S/C18H29N3O3/c1-3-18(13-22)5-7-21(8-6-18)17-10-15(14-4-9-24-11-14)19-16(20-17)12-23-2/h10,14,22H,3-9,11-13H2,1-2H3/t14-/m0/s1. The van der Waals surface area contributed by atoms with Crippen LogP contribution in [-0.4, -0.2) is 55.1 Å². The Bertz CT molecular complexity index is 532. The Kier molecular flexibility index (Phi) is 5.69. The molecule has 0 aromatic carbocycles. The van der Waals surface area contributed by atoms with Gasteiger partial charge in [-0.1, -0.05) is 6.92 Å². The maximum Gasteiger partial charge on any atom is 0.156 e. The van der Waals surface area contributed by atoms with Crippen LogP contribution in [0.1, 0.15) is 50.0 Å². The van der Waals surface area contributed by atoms with Crippen molar-refractivity contribution in [1.82, 2.24) is 9.97 Å². The Balaban J connectivity index is 1.79. The number of aliphatic hydroxyl groups is 1. The van der Waals surface area contributed by atoms with Gasteiger partial charge in [0.2, 0.25) is 0 Å². The highest BCUT2D eigenvalue weighted by Crippen LogP contribution is 2.36. The highest BCUT2D eigenvalue weighted by molar-refractivity contribution is 5.41. The molecule has 24 heavy (non-hydrogen) atoms. The van der Waals surface area contributed by atoms with Crippen LogP contribution >= 0.6 is 0 Å². The summed E-state index contributed by atoms with van der Waals surface area (Å²) in [7, 11) is 1.67. The minimum Gasteiger partial charge on any atom is -0.396 e. The fraction of sp³-hybridized carbons (Fsp3) is 0.778. The van der Waals surface area contributed by atoms with Crippen molar-refractivity contribution in [2.75, 3.05) is 44.9 Å².